The quantitative estimate of drug-likeness (QED) is 0.252. The summed E-state index contributed by atoms with van der Waals surface area (Å²) in [6.45, 7) is 1.69. The van der Waals surface area contributed by atoms with E-state index in [-0.39, 0.29) is 19.4 Å². The Bertz CT molecular complexity index is 306. The van der Waals surface area contributed by atoms with E-state index in [0.29, 0.717) is 6.42 Å². The number of carbonyl (C=O) groups is 3. The van der Waals surface area contributed by atoms with Gasteiger partial charge in [-0.3, -0.25) is 4.79 Å². The molecule has 0 aliphatic rings. The fourth-order valence-electron chi connectivity index (χ4n) is 1.12. The molecule has 104 valence electrons. The third-order valence-electron chi connectivity index (χ3n) is 1.97. The summed E-state index contributed by atoms with van der Waals surface area (Å²) >= 11 is 0. The number of ether oxygens (including phenoxy) is 1. The topological polar surface area (TPSA) is 145 Å². The zero-order valence-corrected chi connectivity index (χ0v) is 10.2. The summed E-state index contributed by atoms with van der Waals surface area (Å²) in [5, 5.41) is 11.2. The van der Waals surface area contributed by atoms with E-state index in [0.717, 1.165) is 0 Å². The van der Waals surface area contributed by atoms with E-state index in [9.17, 15) is 14.4 Å². The smallest absolute Gasteiger partial charge is 0.330 e. The van der Waals surface area contributed by atoms with Crippen molar-refractivity contribution in [1.29, 1.82) is 0 Å². The molecule has 0 heterocycles. The molecule has 2 atom stereocenters. The van der Waals surface area contributed by atoms with Crippen LogP contribution in [0.25, 0.3) is 0 Å². The van der Waals surface area contributed by atoms with Crippen LogP contribution in [0, 0.1) is 0 Å². The van der Waals surface area contributed by atoms with Crippen molar-refractivity contribution in [2.75, 3.05) is 6.54 Å². The summed E-state index contributed by atoms with van der Waals surface area (Å²) < 4.78 is 4.43. The van der Waals surface area contributed by atoms with Crippen molar-refractivity contribution in [3.63, 3.8) is 0 Å². The molecule has 8 nitrogen and oxygen atoms in total. The van der Waals surface area contributed by atoms with E-state index in [1.165, 1.54) is 6.92 Å². The predicted molar refractivity (Wildman–Crippen MR) is 62.2 cm³/mol. The summed E-state index contributed by atoms with van der Waals surface area (Å²) in [6, 6.07) is -1.60. The van der Waals surface area contributed by atoms with E-state index >= 15 is 0 Å². The number of amides is 2. The van der Waals surface area contributed by atoms with Gasteiger partial charge in [0.1, 0.15) is 6.04 Å². The molecule has 0 aromatic heterocycles. The van der Waals surface area contributed by atoms with Gasteiger partial charge in [0.2, 0.25) is 0 Å². The Labute approximate surface area is 105 Å². The second-order valence-electron chi connectivity index (χ2n) is 3.89. The number of carbonyl (C=O) groups excluding carboxylic acids is 3. The zero-order chi connectivity index (χ0) is 14.1. The first kappa shape index (κ1) is 16.3. The highest BCUT2D eigenvalue weighted by Gasteiger charge is 2.19. The number of hydrogen-bond acceptors (Lipinski definition) is 6. The van der Waals surface area contributed by atoms with Gasteiger partial charge in [-0.25, -0.2) is 9.59 Å². The highest BCUT2D eigenvalue weighted by Crippen LogP contribution is 1.99. The lowest BCUT2D eigenvalue weighted by atomic mass is 10.1. The Balaban J connectivity index is 3.82. The lowest BCUT2D eigenvalue weighted by Crippen LogP contribution is -2.36. The highest BCUT2D eigenvalue weighted by molar-refractivity contribution is 5.88. The Kier molecular flexibility index (Phi) is 7.64. The number of hydrogen-bond donors (Lipinski definition) is 4. The molecule has 18 heavy (non-hydrogen) atoms. The molecule has 6 N–H and O–H groups in total. The number of aliphatic hydroxyl groups excluding tert-OH is 1. The minimum Gasteiger partial charge on any atom is -0.393 e. The molecule has 0 fully saturated rings. The number of nitrogens with one attached hydrogen (secondary N) is 1. The van der Waals surface area contributed by atoms with Gasteiger partial charge in [-0.15, -0.1) is 0 Å². The minimum atomic E-state index is -0.947. The molecule has 1 unspecified atom stereocenters. The van der Waals surface area contributed by atoms with Crippen LogP contribution in [0.4, 0.5) is 4.79 Å². The van der Waals surface area contributed by atoms with Crippen LogP contribution in [0.3, 0.4) is 0 Å². The lowest BCUT2D eigenvalue weighted by Gasteiger charge is -2.10. The SMILES string of the molecule is CC(O)CC(=O)OC(=O)[C@@H](N)CCCNC(N)=O. The summed E-state index contributed by atoms with van der Waals surface area (Å²) in [7, 11) is 0. The lowest BCUT2D eigenvalue weighted by molar-refractivity contribution is -0.161. The van der Waals surface area contributed by atoms with E-state index in [2.05, 4.69) is 10.1 Å². The van der Waals surface area contributed by atoms with Crippen molar-refractivity contribution in [1.82, 2.24) is 5.32 Å². The van der Waals surface area contributed by atoms with Gasteiger partial charge in [-0.1, -0.05) is 0 Å². The average Bonchev–Trinajstić information content (AvgIpc) is 2.22. The Morgan fingerprint density at radius 2 is 2.00 bits per heavy atom. The van der Waals surface area contributed by atoms with E-state index in [1.54, 1.807) is 0 Å². The molecule has 0 spiro atoms. The van der Waals surface area contributed by atoms with Crippen LogP contribution in [0.15, 0.2) is 0 Å². The van der Waals surface area contributed by atoms with E-state index in [1.807, 2.05) is 0 Å². The predicted octanol–water partition coefficient (Wildman–Crippen LogP) is -1.40. The van der Waals surface area contributed by atoms with E-state index in [4.69, 9.17) is 16.6 Å². The van der Waals surface area contributed by atoms with Gasteiger partial charge in [0, 0.05) is 6.54 Å². The van der Waals surface area contributed by atoms with Gasteiger partial charge in [-0.05, 0) is 19.8 Å². The van der Waals surface area contributed by atoms with Crippen molar-refractivity contribution < 1.29 is 24.2 Å². The van der Waals surface area contributed by atoms with Crippen LogP contribution >= 0.6 is 0 Å². The van der Waals surface area contributed by atoms with Gasteiger partial charge in [0.25, 0.3) is 0 Å². The molecular formula is C10H19N3O5. The first-order valence-corrected chi connectivity index (χ1v) is 5.54. The van der Waals surface area contributed by atoms with Crippen LogP contribution in [0.2, 0.25) is 0 Å². The third-order valence-corrected chi connectivity index (χ3v) is 1.97. The molecule has 0 radical (unpaired) electrons. The molecule has 2 amide bonds. The molecule has 0 bridgehead atoms. The zero-order valence-electron chi connectivity index (χ0n) is 10.2. The van der Waals surface area contributed by atoms with Gasteiger partial charge < -0.3 is 26.6 Å². The molecule has 0 aromatic rings. The molecule has 0 saturated carbocycles. The number of primary amides is 1. The maximum atomic E-state index is 11.3. The molecule has 0 rings (SSSR count). The standard InChI is InChI=1S/C10H19N3O5/c1-6(14)5-8(15)18-9(16)7(11)3-2-4-13-10(12)17/h6-7,14H,2-5,11H2,1H3,(H3,12,13,17)/t6?,7-/m0/s1. The van der Waals surface area contributed by atoms with Crippen molar-refractivity contribution >= 4 is 18.0 Å². The average molecular weight is 261 g/mol. The summed E-state index contributed by atoms with van der Waals surface area (Å²) in [4.78, 5) is 32.7. The van der Waals surface area contributed by atoms with Gasteiger partial charge in [-0.2, -0.15) is 0 Å². The highest BCUT2D eigenvalue weighted by atomic mass is 16.6. The normalized spacial score (nSPS) is 13.5. The van der Waals surface area contributed by atoms with Crippen molar-refractivity contribution in [3.8, 4) is 0 Å². The second-order valence-corrected chi connectivity index (χ2v) is 3.89. The molecular weight excluding hydrogens is 242 g/mol. The molecule has 0 aliphatic heterocycles. The van der Waals surface area contributed by atoms with Crippen molar-refractivity contribution in [2.24, 2.45) is 11.5 Å². The summed E-state index contributed by atoms with van der Waals surface area (Å²) in [5.41, 5.74) is 10.3. The molecule has 0 aliphatic carbocycles. The first-order valence-electron chi connectivity index (χ1n) is 5.54. The third kappa shape index (κ3) is 8.48. The molecule has 0 saturated heterocycles. The number of urea groups is 1. The second kappa shape index (κ2) is 8.43. The van der Waals surface area contributed by atoms with Gasteiger partial charge in [0.15, 0.2) is 0 Å². The Morgan fingerprint density at radius 1 is 1.39 bits per heavy atom. The molecule has 0 aromatic carbocycles. The van der Waals surface area contributed by atoms with Gasteiger partial charge in [0.05, 0.1) is 12.5 Å². The number of rotatable bonds is 7. The fraction of sp³-hybridized carbons (Fsp3) is 0.700. The minimum absolute atomic E-state index is 0.251. The Hall–Kier alpha value is -1.67. The number of nitrogens with two attached hydrogens (primary N) is 2. The van der Waals surface area contributed by atoms with Crippen LogP contribution in [0.1, 0.15) is 26.2 Å². The number of aliphatic hydroxyl groups is 1. The Morgan fingerprint density at radius 3 is 2.50 bits per heavy atom. The molecule has 8 heteroatoms. The van der Waals surface area contributed by atoms with Crippen LogP contribution in [-0.4, -0.2) is 41.8 Å². The van der Waals surface area contributed by atoms with Crippen LogP contribution in [0.5, 0.6) is 0 Å². The summed E-state index contributed by atoms with van der Waals surface area (Å²) in [5.74, 6) is -1.67. The largest absolute Gasteiger partial charge is 0.393 e. The van der Waals surface area contributed by atoms with Crippen LogP contribution < -0.4 is 16.8 Å². The monoisotopic (exact) mass is 261 g/mol. The van der Waals surface area contributed by atoms with E-state index < -0.39 is 30.1 Å². The number of esters is 2. The summed E-state index contributed by atoms with van der Waals surface area (Å²) in [6.07, 6.45) is -0.451. The first-order chi connectivity index (χ1) is 8.32. The van der Waals surface area contributed by atoms with Gasteiger partial charge >= 0.3 is 18.0 Å². The van der Waals surface area contributed by atoms with Crippen molar-refractivity contribution in [3.05, 3.63) is 0 Å². The maximum Gasteiger partial charge on any atom is 0.330 e. The van der Waals surface area contributed by atoms with Crippen molar-refractivity contribution in [2.45, 2.75) is 38.3 Å². The van der Waals surface area contributed by atoms with Crippen LogP contribution in [-0.2, 0) is 14.3 Å². The fourth-order valence-corrected chi connectivity index (χ4v) is 1.12. The maximum absolute atomic E-state index is 11.3.